The highest BCUT2D eigenvalue weighted by Crippen LogP contribution is 2.28. The molecule has 1 atom stereocenters. The van der Waals surface area contributed by atoms with Crippen LogP contribution >= 0.6 is 11.3 Å². The van der Waals surface area contributed by atoms with Crippen molar-refractivity contribution in [1.29, 1.82) is 0 Å². The van der Waals surface area contributed by atoms with Gasteiger partial charge in [0.05, 0.1) is 7.11 Å². The van der Waals surface area contributed by atoms with E-state index >= 15 is 0 Å². The molecule has 0 aliphatic rings. The van der Waals surface area contributed by atoms with Gasteiger partial charge in [0.2, 0.25) is 0 Å². The third-order valence-corrected chi connectivity index (χ3v) is 4.16. The van der Waals surface area contributed by atoms with Gasteiger partial charge in [-0.25, -0.2) is 0 Å². The normalized spacial score (nSPS) is 12.3. The topological polar surface area (TPSA) is 21.3 Å². The Morgan fingerprint density at radius 2 is 2.05 bits per heavy atom. The molecule has 2 nitrogen and oxygen atoms in total. The number of nitrogens with one attached hydrogen (secondary N) is 1. The Balaban J connectivity index is 2.10. The summed E-state index contributed by atoms with van der Waals surface area (Å²) < 4.78 is 5.47. The third kappa shape index (κ3) is 3.82. The minimum Gasteiger partial charge on any atom is -0.496 e. The lowest BCUT2D eigenvalue weighted by molar-refractivity contribution is 0.396. The van der Waals surface area contributed by atoms with E-state index in [9.17, 15) is 0 Å². The van der Waals surface area contributed by atoms with Crippen LogP contribution in [0.5, 0.6) is 5.75 Å². The van der Waals surface area contributed by atoms with Crippen LogP contribution in [-0.2, 0) is 6.42 Å². The monoisotopic (exact) mass is 275 g/mol. The lowest BCUT2D eigenvalue weighted by Gasteiger charge is -2.20. The van der Waals surface area contributed by atoms with E-state index in [1.54, 1.807) is 7.11 Å². The zero-order chi connectivity index (χ0) is 13.5. The first-order chi connectivity index (χ1) is 9.35. The average molecular weight is 275 g/mol. The molecule has 1 N–H and O–H groups in total. The van der Waals surface area contributed by atoms with Crippen molar-refractivity contribution in [3.63, 3.8) is 0 Å². The summed E-state index contributed by atoms with van der Waals surface area (Å²) in [5, 5.41) is 5.70. The fourth-order valence-corrected chi connectivity index (χ4v) is 3.03. The molecule has 1 heterocycles. The quantitative estimate of drug-likeness (QED) is 0.823. The number of aryl methyl sites for hydroxylation is 1. The van der Waals surface area contributed by atoms with Gasteiger partial charge in [-0.3, -0.25) is 0 Å². The molecule has 0 amide bonds. The Hall–Kier alpha value is -1.32. The first-order valence-electron chi connectivity index (χ1n) is 6.73. The van der Waals surface area contributed by atoms with Crippen LogP contribution in [-0.4, -0.2) is 13.7 Å². The average Bonchev–Trinajstić information content (AvgIpc) is 2.96. The Labute approximate surface area is 119 Å². The second-order valence-corrected chi connectivity index (χ2v) is 5.50. The first kappa shape index (κ1) is 14.1. The second-order valence-electron chi connectivity index (χ2n) is 4.47. The molecule has 1 aromatic heterocycles. The molecule has 0 fully saturated rings. The third-order valence-electron chi connectivity index (χ3n) is 3.22. The molecule has 102 valence electrons. The standard InChI is InChI=1S/C16H21NOS/c1-3-17-15(11-10-13-7-6-12-19-13)14-8-4-5-9-16(14)18-2/h4-9,12,15,17H,3,10-11H2,1-2H3. The van der Waals surface area contributed by atoms with Crippen LogP contribution in [0, 0.1) is 0 Å². The van der Waals surface area contributed by atoms with Gasteiger partial charge in [-0.15, -0.1) is 11.3 Å². The Bertz CT molecular complexity index is 481. The van der Waals surface area contributed by atoms with E-state index in [2.05, 4.69) is 41.9 Å². The molecule has 0 radical (unpaired) electrons. The van der Waals surface area contributed by atoms with Gasteiger partial charge in [-0.05, 0) is 36.9 Å². The van der Waals surface area contributed by atoms with E-state index in [0.717, 1.165) is 25.1 Å². The van der Waals surface area contributed by atoms with E-state index in [1.807, 2.05) is 23.5 Å². The Kier molecular flexibility index (Phi) is 5.43. The van der Waals surface area contributed by atoms with Crippen molar-refractivity contribution in [3.8, 4) is 5.75 Å². The molecule has 0 aliphatic carbocycles. The molecular weight excluding hydrogens is 254 g/mol. The fraction of sp³-hybridized carbons (Fsp3) is 0.375. The van der Waals surface area contributed by atoms with E-state index in [4.69, 9.17) is 4.74 Å². The van der Waals surface area contributed by atoms with Gasteiger partial charge in [0.25, 0.3) is 0 Å². The predicted octanol–water partition coefficient (Wildman–Crippen LogP) is 4.04. The van der Waals surface area contributed by atoms with Crippen molar-refractivity contribution < 1.29 is 4.74 Å². The molecule has 1 aromatic carbocycles. The summed E-state index contributed by atoms with van der Waals surface area (Å²) in [7, 11) is 1.74. The van der Waals surface area contributed by atoms with Crippen LogP contribution in [0.1, 0.15) is 29.8 Å². The van der Waals surface area contributed by atoms with Crippen LogP contribution in [0.15, 0.2) is 41.8 Å². The summed E-state index contributed by atoms with van der Waals surface area (Å²) in [5.74, 6) is 0.972. The summed E-state index contributed by atoms with van der Waals surface area (Å²) in [6.07, 6.45) is 2.20. The van der Waals surface area contributed by atoms with Gasteiger partial charge in [0, 0.05) is 16.5 Å². The lowest BCUT2D eigenvalue weighted by Crippen LogP contribution is -2.22. The molecule has 1 unspecified atom stereocenters. The van der Waals surface area contributed by atoms with E-state index < -0.39 is 0 Å². The van der Waals surface area contributed by atoms with Crippen LogP contribution in [0.25, 0.3) is 0 Å². The maximum Gasteiger partial charge on any atom is 0.123 e. The zero-order valence-corrected chi connectivity index (χ0v) is 12.4. The highest BCUT2D eigenvalue weighted by molar-refractivity contribution is 7.09. The molecule has 0 aliphatic heterocycles. The maximum absolute atomic E-state index is 5.47. The van der Waals surface area contributed by atoms with Crippen molar-refractivity contribution in [2.45, 2.75) is 25.8 Å². The van der Waals surface area contributed by atoms with Gasteiger partial charge >= 0.3 is 0 Å². The van der Waals surface area contributed by atoms with E-state index in [-0.39, 0.29) is 0 Å². The minimum atomic E-state index is 0.350. The number of para-hydroxylation sites is 1. The second kappa shape index (κ2) is 7.31. The van der Waals surface area contributed by atoms with Crippen molar-refractivity contribution in [3.05, 3.63) is 52.2 Å². The molecule has 0 saturated heterocycles. The Morgan fingerprint density at radius 3 is 2.74 bits per heavy atom. The van der Waals surface area contributed by atoms with Gasteiger partial charge in [-0.1, -0.05) is 31.2 Å². The SMILES string of the molecule is CCNC(CCc1cccs1)c1ccccc1OC. The summed E-state index contributed by atoms with van der Waals surface area (Å²) in [6.45, 7) is 3.11. The molecule has 2 rings (SSSR count). The van der Waals surface area contributed by atoms with Gasteiger partial charge in [0.15, 0.2) is 0 Å². The van der Waals surface area contributed by atoms with Crippen molar-refractivity contribution in [1.82, 2.24) is 5.32 Å². The fourth-order valence-electron chi connectivity index (χ4n) is 2.31. The van der Waals surface area contributed by atoms with Crippen molar-refractivity contribution in [2.75, 3.05) is 13.7 Å². The van der Waals surface area contributed by atoms with Crippen molar-refractivity contribution >= 4 is 11.3 Å². The maximum atomic E-state index is 5.47. The summed E-state index contributed by atoms with van der Waals surface area (Å²) in [6, 6.07) is 13.0. The zero-order valence-electron chi connectivity index (χ0n) is 11.6. The Morgan fingerprint density at radius 1 is 1.21 bits per heavy atom. The molecule has 2 aromatic rings. The molecular formula is C16H21NOS. The van der Waals surface area contributed by atoms with Gasteiger partial charge in [-0.2, -0.15) is 0 Å². The van der Waals surface area contributed by atoms with Gasteiger partial charge in [0.1, 0.15) is 5.75 Å². The largest absolute Gasteiger partial charge is 0.496 e. The lowest BCUT2D eigenvalue weighted by atomic mass is 10.0. The van der Waals surface area contributed by atoms with E-state index in [0.29, 0.717) is 6.04 Å². The molecule has 19 heavy (non-hydrogen) atoms. The molecule has 0 spiro atoms. The molecule has 3 heteroatoms. The molecule has 0 saturated carbocycles. The smallest absolute Gasteiger partial charge is 0.123 e. The number of methoxy groups -OCH3 is 1. The summed E-state index contributed by atoms with van der Waals surface area (Å²) >= 11 is 1.83. The number of rotatable bonds is 7. The number of hydrogen-bond acceptors (Lipinski definition) is 3. The van der Waals surface area contributed by atoms with Crippen LogP contribution in [0.3, 0.4) is 0 Å². The summed E-state index contributed by atoms with van der Waals surface area (Å²) in [5.41, 5.74) is 1.25. The van der Waals surface area contributed by atoms with Crippen LogP contribution in [0.2, 0.25) is 0 Å². The molecule has 0 bridgehead atoms. The first-order valence-corrected chi connectivity index (χ1v) is 7.61. The minimum absolute atomic E-state index is 0.350. The number of hydrogen-bond donors (Lipinski definition) is 1. The van der Waals surface area contributed by atoms with Gasteiger partial charge < -0.3 is 10.1 Å². The summed E-state index contributed by atoms with van der Waals surface area (Å²) in [4.78, 5) is 1.44. The highest BCUT2D eigenvalue weighted by atomic mass is 32.1. The number of ether oxygens (including phenoxy) is 1. The van der Waals surface area contributed by atoms with Crippen molar-refractivity contribution in [2.24, 2.45) is 0 Å². The highest BCUT2D eigenvalue weighted by Gasteiger charge is 2.14. The van der Waals surface area contributed by atoms with Crippen LogP contribution < -0.4 is 10.1 Å². The van der Waals surface area contributed by atoms with E-state index in [1.165, 1.54) is 10.4 Å². The van der Waals surface area contributed by atoms with Crippen LogP contribution in [0.4, 0.5) is 0 Å². The number of benzene rings is 1. The predicted molar refractivity (Wildman–Crippen MR) is 82.1 cm³/mol. The number of thiophene rings is 1.